The van der Waals surface area contributed by atoms with Crippen molar-refractivity contribution in [1.82, 2.24) is 4.98 Å². The average Bonchev–Trinajstić information content (AvgIpc) is 2.66. The van der Waals surface area contributed by atoms with Crippen LogP contribution < -0.4 is 5.73 Å². The van der Waals surface area contributed by atoms with Crippen LogP contribution >= 0.6 is 11.3 Å². The highest BCUT2D eigenvalue weighted by molar-refractivity contribution is 7.13. The third-order valence-electron chi connectivity index (χ3n) is 2.31. The number of nitrogens with zero attached hydrogens (tertiary/aromatic N) is 1. The van der Waals surface area contributed by atoms with Gasteiger partial charge in [0.25, 0.3) is 0 Å². The van der Waals surface area contributed by atoms with Crippen LogP contribution in [0.15, 0.2) is 5.38 Å². The molecule has 5 heteroatoms. The van der Waals surface area contributed by atoms with E-state index in [0.717, 1.165) is 25.0 Å². The first kappa shape index (κ1) is 13.0. The maximum absolute atomic E-state index is 11.8. The number of esters is 1. The average molecular weight is 242 g/mol. The highest BCUT2D eigenvalue weighted by Crippen LogP contribution is 2.26. The van der Waals surface area contributed by atoms with Gasteiger partial charge < -0.3 is 10.5 Å². The van der Waals surface area contributed by atoms with Gasteiger partial charge in [-0.2, -0.15) is 0 Å². The molecular formula is C11H18N2O2S. The summed E-state index contributed by atoms with van der Waals surface area (Å²) in [5.41, 5.74) is 6.32. The van der Waals surface area contributed by atoms with Gasteiger partial charge in [-0.05, 0) is 13.3 Å². The molecule has 1 unspecified atom stereocenters. The summed E-state index contributed by atoms with van der Waals surface area (Å²) in [5.74, 6) is -0.449. The molecule has 0 radical (unpaired) electrons. The second-order valence-corrected chi connectivity index (χ2v) is 4.45. The van der Waals surface area contributed by atoms with E-state index < -0.39 is 0 Å². The van der Waals surface area contributed by atoms with Crippen molar-refractivity contribution in [3.8, 4) is 0 Å². The first-order chi connectivity index (χ1) is 7.69. The lowest BCUT2D eigenvalue weighted by Crippen LogP contribution is -2.16. The van der Waals surface area contributed by atoms with Crippen LogP contribution in [0.2, 0.25) is 0 Å². The number of carbonyl (C=O) groups is 1. The first-order valence-electron chi connectivity index (χ1n) is 5.56. The number of carbonyl (C=O) groups excluding carboxylic acids is 1. The van der Waals surface area contributed by atoms with Gasteiger partial charge in [-0.25, -0.2) is 4.98 Å². The maximum Gasteiger partial charge on any atom is 0.315 e. The minimum Gasteiger partial charge on any atom is -0.465 e. The van der Waals surface area contributed by atoms with Crippen LogP contribution in [0.25, 0.3) is 0 Å². The summed E-state index contributed by atoms with van der Waals surface area (Å²) < 4.78 is 5.05. The summed E-state index contributed by atoms with van der Waals surface area (Å²) in [7, 11) is 0. The predicted molar refractivity (Wildman–Crippen MR) is 65.4 cm³/mol. The number of unbranched alkanes of at least 4 members (excludes halogenated alkanes) is 1. The van der Waals surface area contributed by atoms with Gasteiger partial charge >= 0.3 is 5.97 Å². The summed E-state index contributed by atoms with van der Waals surface area (Å²) in [6.45, 7) is 4.31. The molecule has 0 saturated heterocycles. The zero-order valence-electron chi connectivity index (χ0n) is 9.73. The molecule has 2 N–H and O–H groups in total. The van der Waals surface area contributed by atoms with Gasteiger partial charge in [0.1, 0.15) is 0 Å². The van der Waals surface area contributed by atoms with E-state index in [2.05, 4.69) is 11.9 Å². The van der Waals surface area contributed by atoms with Gasteiger partial charge in [-0.15, -0.1) is 11.3 Å². The Labute approximate surface area is 99.8 Å². The van der Waals surface area contributed by atoms with Crippen LogP contribution in [0.5, 0.6) is 0 Å². The molecule has 0 aliphatic carbocycles. The zero-order chi connectivity index (χ0) is 12.0. The highest BCUT2D eigenvalue weighted by Gasteiger charge is 2.23. The number of aromatic nitrogens is 1. The van der Waals surface area contributed by atoms with E-state index in [4.69, 9.17) is 10.5 Å². The van der Waals surface area contributed by atoms with E-state index >= 15 is 0 Å². The van der Waals surface area contributed by atoms with Gasteiger partial charge in [0.2, 0.25) is 0 Å². The Morgan fingerprint density at radius 2 is 2.38 bits per heavy atom. The molecule has 1 rings (SSSR count). The number of nitrogens with two attached hydrogens (primary N) is 1. The quantitative estimate of drug-likeness (QED) is 0.779. The smallest absolute Gasteiger partial charge is 0.315 e. The Bertz CT molecular complexity index is 338. The number of hydrogen-bond donors (Lipinski definition) is 1. The second kappa shape index (κ2) is 6.48. The minimum absolute atomic E-state index is 0.193. The molecule has 16 heavy (non-hydrogen) atoms. The molecule has 1 aromatic heterocycles. The largest absolute Gasteiger partial charge is 0.465 e. The van der Waals surface area contributed by atoms with Crippen LogP contribution in [0, 0.1) is 0 Å². The summed E-state index contributed by atoms with van der Waals surface area (Å²) in [6, 6.07) is 0. The van der Waals surface area contributed by atoms with Crippen molar-refractivity contribution in [2.75, 3.05) is 12.3 Å². The molecular weight excluding hydrogens is 224 g/mol. The fourth-order valence-corrected chi connectivity index (χ4v) is 2.11. The Morgan fingerprint density at radius 1 is 1.62 bits per heavy atom. The lowest BCUT2D eigenvalue weighted by molar-refractivity contribution is -0.145. The zero-order valence-corrected chi connectivity index (χ0v) is 10.5. The molecule has 1 atom stereocenters. The third-order valence-corrected chi connectivity index (χ3v) is 3.01. The molecule has 0 aliphatic heterocycles. The summed E-state index contributed by atoms with van der Waals surface area (Å²) >= 11 is 1.36. The molecule has 0 spiro atoms. The number of ether oxygens (including phenoxy) is 1. The van der Waals surface area contributed by atoms with Gasteiger partial charge in [0.15, 0.2) is 5.13 Å². The van der Waals surface area contributed by atoms with E-state index in [-0.39, 0.29) is 11.9 Å². The van der Waals surface area contributed by atoms with Crippen molar-refractivity contribution in [3.05, 3.63) is 11.1 Å². The van der Waals surface area contributed by atoms with Crippen LogP contribution in [0.1, 0.15) is 44.7 Å². The number of hydrogen-bond acceptors (Lipinski definition) is 5. The van der Waals surface area contributed by atoms with Crippen LogP contribution in [-0.2, 0) is 9.53 Å². The molecule has 0 fully saturated rings. The maximum atomic E-state index is 11.8. The Kier molecular flexibility index (Phi) is 5.25. The van der Waals surface area contributed by atoms with E-state index in [1.54, 1.807) is 0 Å². The fraction of sp³-hybridized carbons (Fsp3) is 0.636. The predicted octanol–water partition coefficient (Wildman–Crippen LogP) is 2.56. The SMILES string of the molecule is CCCCC(C(=O)OCC)c1csc(N)n1. The molecule has 0 bridgehead atoms. The third kappa shape index (κ3) is 3.48. The number of anilines is 1. The highest BCUT2D eigenvalue weighted by atomic mass is 32.1. The monoisotopic (exact) mass is 242 g/mol. The normalized spacial score (nSPS) is 12.4. The lowest BCUT2D eigenvalue weighted by Gasteiger charge is -2.12. The Balaban J connectivity index is 2.74. The van der Waals surface area contributed by atoms with Crippen molar-refractivity contribution in [2.45, 2.75) is 39.0 Å². The molecule has 0 amide bonds. The van der Waals surface area contributed by atoms with Crippen molar-refractivity contribution in [2.24, 2.45) is 0 Å². The Morgan fingerprint density at radius 3 is 2.88 bits per heavy atom. The number of nitrogen functional groups attached to an aromatic ring is 1. The number of rotatable bonds is 6. The summed E-state index contributed by atoms with van der Waals surface area (Å²) in [6.07, 6.45) is 2.81. The van der Waals surface area contributed by atoms with Crippen molar-refractivity contribution in [1.29, 1.82) is 0 Å². The molecule has 0 aliphatic rings. The summed E-state index contributed by atoms with van der Waals surface area (Å²) in [4.78, 5) is 15.9. The van der Waals surface area contributed by atoms with E-state index in [1.165, 1.54) is 11.3 Å². The lowest BCUT2D eigenvalue weighted by atomic mass is 9.99. The Hall–Kier alpha value is -1.10. The van der Waals surface area contributed by atoms with Gasteiger partial charge in [-0.3, -0.25) is 4.79 Å². The van der Waals surface area contributed by atoms with Crippen molar-refractivity contribution < 1.29 is 9.53 Å². The minimum atomic E-state index is -0.256. The fourth-order valence-electron chi connectivity index (χ4n) is 1.50. The van der Waals surface area contributed by atoms with Gasteiger partial charge in [-0.1, -0.05) is 19.8 Å². The molecule has 1 heterocycles. The van der Waals surface area contributed by atoms with Gasteiger partial charge in [0.05, 0.1) is 18.2 Å². The topological polar surface area (TPSA) is 65.2 Å². The number of thiazole rings is 1. The van der Waals surface area contributed by atoms with Crippen molar-refractivity contribution >= 4 is 22.4 Å². The molecule has 0 aromatic carbocycles. The second-order valence-electron chi connectivity index (χ2n) is 3.56. The van der Waals surface area contributed by atoms with E-state index in [0.29, 0.717) is 11.7 Å². The molecule has 4 nitrogen and oxygen atoms in total. The van der Waals surface area contributed by atoms with Crippen LogP contribution in [0.4, 0.5) is 5.13 Å². The van der Waals surface area contributed by atoms with E-state index in [1.807, 2.05) is 12.3 Å². The molecule has 0 saturated carbocycles. The molecule has 90 valence electrons. The van der Waals surface area contributed by atoms with Crippen LogP contribution in [0.3, 0.4) is 0 Å². The van der Waals surface area contributed by atoms with Crippen molar-refractivity contribution in [3.63, 3.8) is 0 Å². The molecule has 1 aromatic rings. The van der Waals surface area contributed by atoms with E-state index in [9.17, 15) is 4.79 Å². The standard InChI is InChI=1S/C11H18N2O2S/c1-3-5-6-8(10(14)15-4-2)9-7-16-11(12)13-9/h7-8H,3-6H2,1-2H3,(H2,12,13). The van der Waals surface area contributed by atoms with Crippen LogP contribution in [-0.4, -0.2) is 17.6 Å². The van der Waals surface area contributed by atoms with Gasteiger partial charge in [0, 0.05) is 5.38 Å². The summed E-state index contributed by atoms with van der Waals surface area (Å²) in [5, 5.41) is 2.34. The first-order valence-corrected chi connectivity index (χ1v) is 6.44.